The second kappa shape index (κ2) is 6.06. The highest BCUT2D eigenvalue weighted by molar-refractivity contribution is 7.80. The van der Waals surface area contributed by atoms with Crippen molar-refractivity contribution in [3.63, 3.8) is 0 Å². The highest BCUT2D eigenvalue weighted by Crippen LogP contribution is 2.38. The third kappa shape index (κ3) is 2.60. The number of hydrogen-bond acceptors (Lipinski definition) is 4. The van der Waals surface area contributed by atoms with Gasteiger partial charge >= 0.3 is 0 Å². The van der Waals surface area contributed by atoms with Crippen molar-refractivity contribution in [1.29, 1.82) is 0 Å². The summed E-state index contributed by atoms with van der Waals surface area (Å²) in [6, 6.07) is 10.1. The average molecular weight is 331 g/mol. The van der Waals surface area contributed by atoms with E-state index in [4.69, 9.17) is 22.7 Å². The molecule has 1 aromatic carbocycles. The molecule has 0 amide bonds. The van der Waals surface area contributed by atoms with Gasteiger partial charge in [-0.05, 0) is 48.3 Å². The van der Waals surface area contributed by atoms with Crippen LogP contribution in [0.15, 0.2) is 40.8 Å². The fraction of sp³-hybridized carbons (Fsp3) is 0.250. The van der Waals surface area contributed by atoms with Crippen LogP contribution in [0.5, 0.6) is 5.75 Å². The van der Waals surface area contributed by atoms with Gasteiger partial charge in [0.2, 0.25) is 0 Å². The smallest absolute Gasteiger partial charge is 0.187 e. The van der Waals surface area contributed by atoms with E-state index in [0.29, 0.717) is 5.11 Å². The van der Waals surface area contributed by atoms with Crippen LogP contribution < -0.4 is 10.5 Å². The van der Waals surface area contributed by atoms with Crippen LogP contribution in [0.25, 0.3) is 0 Å². The number of methoxy groups -OCH3 is 1. The number of thiocarbonyl (C=S) groups is 1. The predicted octanol–water partition coefficient (Wildman–Crippen LogP) is 3.46. The minimum Gasteiger partial charge on any atom is -0.496 e. The predicted molar refractivity (Wildman–Crippen MR) is 94.6 cm³/mol. The van der Waals surface area contributed by atoms with Crippen LogP contribution in [0.4, 0.5) is 0 Å². The Balaban J connectivity index is 2.00. The van der Waals surface area contributed by atoms with Gasteiger partial charge in [-0.2, -0.15) is 5.10 Å². The van der Waals surface area contributed by atoms with Gasteiger partial charge in [-0.25, -0.2) is 5.01 Å². The number of hydrazone groups is 1. The van der Waals surface area contributed by atoms with Crippen LogP contribution in [-0.4, -0.2) is 22.9 Å². The number of para-hydroxylation sites is 1. The number of hydrogen-bond donors (Lipinski definition) is 1. The van der Waals surface area contributed by atoms with Crippen molar-refractivity contribution in [2.75, 3.05) is 7.11 Å². The summed E-state index contributed by atoms with van der Waals surface area (Å²) in [7, 11) is 1.67. The molecule has 114 valence electrons. The van der Waals surface area contributed by atoms with E-state index >= 15 is 0 Å². The molecule has 3 rings (SSSR count). The zero-order valence-corrected chi connectivity index (χ0v) is 14.1. The summed E-state index contributed by atoms with van der Waals surface area (Å²) in [4.78, 5) is 1.25. The maximum absolute atomic E-state index is 5.88. The molecule has 1 unspecified atom stereocenters. The maximum atomic E-state index is 5.88. The van der Waals surface area contributed by atoms with Crippen molar-refractivity contribution in [3.8, 4) is 5.75 Å². The minimum atomic E-state index is 0.0670. The average Bonchev–Trinajstić information content (AvgIpc) is 3.13. The highest BCUT2D eigenvalue weighted by Gasteiger charge is 2.33. The number of ether oxygens (including phenoxy) is 1. The Hall–Kier alpha value is -1.92. The SMILES string of the molecule is COc1ccccc1C1=NN(C(N)=S)C(c2sccc2C)C1. The molecule has 0 aliphatic carbocycles. The number of nitrogens with two attached hydrogens (primary N) is 1. The lowest BCUT2D eigenvalue weighted by Crippen LogP contribution is -2.31. The van der Waals surface area contributed by atoms with E-state index in [-0.39, 0.29) is 6.04 Å². The summed E-state index contributed by atoms with van der Waals surface area (Å²) in [5, 5.41) is 8.78. The van der Waals surface area contributed by atoms with Crippen molar-refractivity contribution >= 4 is 34.4 Å². The molecule has 2 aromatic rings. The lowest BCUT2D eigenvalue weighted by Gasteiger charge is -2.21. The van der Waals surface area contributed by atoms with E-state index in [9.17, 15) is 0 Å². The number of thiophene rings is 1. The standard InChI is InChI=1S/C16H17N3OS2/c1-10-7-8-22-15(10)13-9-12(18-19(13)16(17)21)11-5-3-4-6-14(11)20-2/h3-8,13H,9H2,1-2H3,(H2,17,21). The van der Waals surface area contributed by atoms with Crippen LogP contribution in [-0.2, 0) is 0 Å². The molecule has 0 bridgehead atoms. The number of nitrogens with zero attached hydrogens (tertiary/aromatic N) is 2. The van der Waals surface area contributed by atoms with Gasteiger partial charge in [0.15, 0.2) is 5.11 Å². The van der Waals surface area contributed by atoms with Gasteiger partial charge in [0.1, 0.15) is 5.75 Å². The Bertz CT molecular complexity index is 738. The maximum Gasteiger partial charge on any atom is 0.187 e. The monoisotopic (exact) mass is 331 g/mol. The molecule has 0 saturated carbocycles. The van der Waals surface area contributed by atoms with E-state index in [1.165, 1.54) is 10.4 Å². The third-order valence-electron chi connectivity index (χ3n) is 3.76. The van der Waals surface area contributed by atoms with Gasteiger partial charge in [-0.1, -0.05) is 12.1 Å². The largest absolute Gasteiger partial charge is 0.496 e. The normalized spacial score (nSPS) is 17.5. The van der Waals surface area contributed by atoms with Gasteiger partial charge in [0, 0.05) is 16.9 Å². The first-order valence-electron chi connectivity index (χ1n) is 6.95. The Morgan fingerprint density at radius 2 is 2.18 bits per heavy atom. The molecular weight excluding hydrogens is 314 g/mol. The fourth-order valence-electron chi connectivity index (χ4n) is 2.69. The van der Waals surface area contributed by atoms with Crippen molar-refractivity contribution in [2.45, 2.75) is 19.4 Å². The first kappa shape index (κ1) is 15.0. The summed E-state index contributed by atoms with van der Waals surface area (Å²) in [6.45, 7) is 2.10. The summed E-state index contributed by atoms with van der Waals surface area (Å²) >= 11 is 6.90. The van der Waals surface area contributed by atoms with Crippen LogP contribution in [0.1, 0.15) is 28.5 Å². The van der Waals surface area contributed by atoms with Crippen molar-refractivity contribution in [2.24, 2.45) is 10.8 Å². The lowest BCUT2D eigenvalue weighted by molar-refractivity contribution is 0.377. The van der Waals surface area contributed by atoms with E-state index in [0.717, 1.165) is 23.4 Å². The van der Waals surface area contributed by atoms with Crippen molar-refractivity contribution in [3.05, 3.63) is 51.7 Å². The molecule has 2 N–H and O–H groups in total. The molecule has 0 saturated heterocycles. The molecule has 0 radical (unpaired) electrons. The second-order valence-electron chi connectivity index (χ2n) is 5.12. The van der Waals surface area contributed by atoms with Gasteiger partial charge in [0.05, 0.1) is 18.9 Å². The second-order valence-corrected chi connectivity index (χ2v) is 6.48. The molecule has 2 heterocycles. The Morgan fingerprint density at radius 3 is 2.82 bits per heavy atom. The summed E-state index contributed by atoms with van der Waals surface area (Å²) in [5.41, 5.74) is 9.06. The highest BCUT2D eigenvalue weighted by atomic mass is 32.1. The topological polar surface area (TPSA) is 50.8 Å². The van der Waals surface area contributed by atoms with Crippen LogP contribution >= 0.6 is 23.6 Å². The van der Waals surface area contributed by atoms with Gasteiger partial charge in [-0.3, -0.25) is 0 Å². The van der Waals surface area contributed by atoms with E-state index in [2.05, 4.69) is 23.5 Å². The Kier molecular flexibility index (Phi) is 4.13. The molecule has 4 nitrogen and oxygen atoms in total. The van der Waals surface area contributed by atoms with Gasteiger partial charge in [-0.15, -0.1) is 11.3 Å². The van der Waals surface area contributed by atoms with Gasteiger partial charge < -0.3 is 10.5 Å². The zero-order valence-electron chi connectivity index (χ0n) is 12.4. The minimum absolute atomic E-state index is 0.0670. The molecule has 0 spiro atoms. The first-order valence-corrected chi connectivity index (χ1v) is 8.24. The zero-order chi connectivity index (χ0) is 15.7. The number of aryl methyl sites for hydroxylation is 1. The number of benzene rings is 1. The van der Waals surface area contributed by atoms with Crippen molar-refractivity contribution < 1.29 is 4.74 Å². The third-order valence-corrected chi connectivity index (χ3v) is 5.07. The van der Waals surface area contributed by atoms with Crippen molar-refractivity contribution in [1.82, 2.24) is 5.01 Å². The van der Waals surface area contributed by atoms with Crippen LogP contribution in [0.2, 0.25) is 0 Å². The molecule has 22 heavy (non-hydrogen) atoms. The van der Waals surface area contributed by atoms with E-state index < -0.39 is 0 Å². The first-order chi connectivity index (χ1) is 10.6. The summed E-state index contributed by atoms with van der Waals surface area (Å²) in [5.74, 6) is 0.813. The van der Waals surface area contributed by atoms with Crippen LogP contribution in [0.3, 0.4) is 0 Å². The molecule has 1 atom stereocenters. The van der Waals surface area contributed by atoms with E-state index in [1.807, 2.05) is 24.3 Å². The quantitative estimate of drug-likeness (QED) is 0.875. The Labute approximate surface area is 139 Å². The fourth-order valence-corrected chi connectivity index (χ4v) is 3.87. The summed E-state index contributed by atoms with van der Waals surface area (Å²) < 4.78 is 5.44. The number of rotatable bonds is 3. The molecule has 1 aliphatic rings. The molecule has 1 aromatic heterocycles. The Morgan fingerprint density at radius 1 is 1.41 bits per heavy atom. The molecular formula is C16H17N3OS2. The van der Waals surface area contributed by atoms with Gasteiger partial charge in [0.25, 0.3) is 0 Å². The summed E-state index contributed by atoms with van der Waals surface area (Å²) in [6.07, 6.45) is 0.763. The van der Waals surface area contributed by atoms with Crippen LogP contribution in [0, 0.1) is 6.92 Å². The molecule has 6 heteroatoms. The molecule has 0 fully saturated rings. The van der Waals surface area contributed by atoms with E-state index in [1.54, 1.807) is 23.5 Å². The lowest BCUT2D eigenvalue weighted by atomic mass is 10.0. The molecule has 1 aliphatic heterocycles.